The van der Waals surface area contributed by atoms with Crippen molar-refractivity contribution in [3.8, 4) is 0 Å². The Morgan fingerprint density at radius 2 is 2.22 bits per heavy atom. The highest BCUT2D eigenvalue weighted by molar-refractivity contribution is 4.83. The van der Waals surface area contributed by atoms with Crippen molar-refractivity contribution in [1.82, 2.24) is 5.43 Å². The van der Waals surface area contributed by atoms with Crippen molar-refractivity contribution in [2.75, 3.05) is 6.61 Å². The lowest BCUT2D eigenvalue weighted by molar-refractivity contribution is 0.100. The van der Waals surface area contributed by atoms with E-state index in [4.69, 9.17) is 10.6 Å². The molecule has 18 heavy (non-hydrogen) atoms. The monoisotopic (exact) mass is 254 g/mol. The molecule has 0 radical (unpaired) electrons. The fourth-order valence-corrected chi connectivity index (χ4v) is 3.74. The molecule has 1 heterocycles. The first kappa shape index (κ1) is 14.3. The Morgan fingerprint density at radius 3 is 2.83 bits per heavy atom. The van der Waals surface area contributed by atoms with Gasteiger partial charge in [-0.1, -0.05) is 19.8 Å². The summed E-state index contributed by atoms with van der Waals surface area (Å²) in [5.74, 6) is 7.51. The van der Waals surface area contributed by atoms with Crippen LogP contribution < -0.4 is 11.3 Å². The zero-order valence-corrected chi connectivity index (χ0v) is 11.9. The molecular weight excluding hydrogens is 224 g/mol. The Bertz CT molecular complexity index is 229. The molecule has 106 valence electrons. The normalized spacial score (nSPS) is 34.0. The SMILES string of the molecule is CCC1CCC(C(CCCC2CCCO2)NN)C1. The van der Waals surface area contributed by atoms with Crippen molar-refractivity contribution in [3.63, 3.8) is 0 Å². The van der Waals surface area contributed by atoms with Crippen LogP contribution >= 0.6 is 0 Å². The lowest BCUT2D eigenvalue weighted by atomic mass is 9.92. The van der Waals surface area contributed by atoms with Crippen LogP contribution in [0, 0.1) is 11.8 Å². The molecule has 2 rings (SSSR count). The molecule has 0 bridgehead atoms. The Labute approximate surface area is 112 Å². The van der Waals surface area contributed by atoms with Gasteiger partial charge in [-0.25, -0.2) is 0 Å². The molecule has 3 heteroatoms. The quantitative estimate of drug-likeness (QED) is 0.542. The molecule has 3 nitrogen and oxygen atoms in total. The number of hydrazine groups is 1. The summed E-state index contributed by atoms with van der Waals surface area (Å²) in [6, 6.07) is 0.531. The minimum Gasteiger partial charge on any atom is -0.378 e. The second-order valence-corrected chi connectivity index (χ2v) is 6.19. The predicted octanol–water partition coefficient (Wildman–Crippen LogP) is 2.99. The fraction of sp³-hybridized carbons (Fsp3) is 1.00. The second kappa shape index (κ2) is 7.46. The summed E-state index contributed by atoms with van der Waals surface area (Å²) in [6.45, 7) is 3.29. The van der Waals surface area contributed by atoms with E-state index in [1.165, 1.54) is 57.8 Å². The summed E-state index contributed by atoms with van der Waals surface area (Å²) in [4.78, 5) is 0. The molecule has 3 N–H and O–H groups in total. The van der Waals surface area contributed by atoms with Gasteiger partial charge in [0.05, 0.1) is 6.10 Å². The van der Waals surface area contributed by atoms with Gasteiger partial charge >= 0.3 is 0 Å². The third-order valence-electron chi connectivity index (χ3n) is 5.01. The lowest BCUT2D eigenvalue weighted by Gasteiger charge is -2.23. The molecule has 4 atom stereocenters. The summed E-state index contributed by atoms with van der Waals surface area (Å²) in [7, 11) is 0. The maximum Gasteiger partial charge on any atom is 0.0576 e. The van der Waals surface area contributed by atoms with E-state index < -0.39 is 0 Å². The number of ether oxygens (including phenoxy) is 1. The van der Waals surface area contributed by atoms with E-state index in [2.05, 4.69) is 12.3 Å². The molecule has 0 aromatic heterocycles. The molecule has 2 aliphatic rings. The van der Waals surface area contributed by atoms with E-state index in [0.717, 1.165) is 18.4 Å². The molecule has 2 fully saturated rings. The molecule has 4 unspecified atom stereocenters. The Hall–Kier alpha value is -0.120. The van der Waals surface area contributed by atoms with Gasteiger partial charge in [0.1, 0.15) is 0 Å². The Balaban J connectivity index is 1.65. The van der Waals surface area contributed by atoms with Crippen LogP contribution in [0.3, 0.4) is 0 Å². The largest absolute Gasteiger partial charge is 0.378 e. The van der Waals surface area contributed by atoms with E-state index in [9.17, 15) is 0 Å². The molecule has 1 aliphatic carbocycles. The van der Waals surface area contributed by atoms with Crippen LogP contribution in [-0.2, 0) is 4.74 Å². The van der Waals surface area contributed by atoms with Crippen molar-refractivity contribution in [1.29, 1.82) is 0 Å². The van der Waals surface area contributed by atoms with Crippen molar-refractivity contribution < 1.29 is 4.74 Å². The highest BCUT2D eigenvalue weighted by atomic mass is 16.5. The lowest BCUT2D eigenvalue weighted by Crippen LogP contribution is -2.40. The van der Waals surface area contributed by atoms with E-state index in [0.29, 0.717) is 12.1 Å². The summed E-state index contributed by atoms with van der Waals surface area (Å²) in [6.07, 6.45) is 12.3. The topological polar surface area (TPSA) is 47.3 Å². The van der Waals surface area contributed by atoms with Gasteiger partial charge in [-0.3, -0.25) is 11.3 Å². The Kier molecular flexibility index (Phi) is 5.93. The van der Waals surface area contributed by atoms with Crippen LogP contribution in [0.5, 0.6) is 0 Å². The zero-order chi connectivity index (χ0) is 12.8. The number of hydrogen-bond donors (Lipinski definition) is 2. The number of nitrogens with two attached hydrogens (primary N) is 1. The van der Waals surface area contributed by atoms with Gasteiger partial charge in [0.2, 0.25) is 0 Å². The van der Waals surface area contributed by atoms with Gasteiger partial charge < -0.3 is 4.74 Å². The molecule has 1 aliphatic heterocycles. The van der Waals surface area contributed by atoms with Crippen molar-refractivity contribution in [2.24, 2.45) is 17.7 Å². The van der Waals surface area contributed by atoms with Crippen LogP contribution in [0.2, 0.25) is 0 Å². The average Bonchev–Trinajstić information content (AvgIpc) is 3.05. The molecule has 0 amide bonds. The molecule has 0 aromatic carbocycles. The van der Waals surface area contributed by atoms with Crippen molar-refractivity contribution in [3.05, 3.63) is 0 Å². The maximum absolute atomic E-state index is 5.75. The predicted molar refractivity (Wildman–Crippen MR) is 75.1 cm³/mol. The molecule has 0 spiro atoms. The fourth-order valence-electron chi connectivity index (χ4n) is 3.74. The van der Waals surface area contributed by atoms with Gasteiger partial charge in [-0.15, -0.1) is 0 Å². The molecule has 1 saturated heterocycles. The third kappa shape index (κ3) is 3.94. The number of rotatable bonds is 7. The van der Waals surface area contributed by atoms with Crippen LogP contribution in [0.1, 0.15) is 64.7 Å². The number of nitrogens with one attached hydrogen (secondary N) is 1. The maximum atomic E-state index is 5.75. The van der Waals surface area contributed by atoms with Gasteiger partial charge in [0, 0.05) is 12.6 Å². The summed E-state index contributed by atoms with van der Waals surface area (Å²) >= 11 is 0. The van der Waals surface area contributed by atoms with Crippen LogP contribution in [0.15, 0.2) is 0 Å². The van der Waals surface area contributed by atoms with E-state index in [-0.39, 0.29) is 0 Å². The van der Waals surface area contributed by atoms with Crippen LogP contribution in [-0.4, -0.2) is 18.8 Å². The van der Waals surface area contributed by atoms with Crippen LogP contribution in [0.4, 0.5) is 0 Å². The van der Waals surface area contributed by atoms with Gasteiger partial charge in [-0.05, 0) is 56.8 Å². The first-order valence-corrected chi connectivity index (χ1v) is 7.91. The standard InChI is InChI=1S/C15H30N2O/c1-2-12-8-9-13(11-12)15(17-16)7-3-5-14-6-4-10-18-14/h12-15,17H,2-11,16H2,1H3. The summed E-state index contributed by atoms with van der Waals surface area (Å²) in [5.41, 5.74) is 3.07. The van der Waals surface area contributed by atoms with E-state index >= 15 is 0 Å². The van der Waals surface area contributed by atoms with Gasteiger partial charge in [-0.2, -0.15) is 0 Å². The van der Waals surface area contributed by atoms with Gasteiger partial charge in [0.15, 0.2) is 0 Å². The molecular formula is C15H30N2O. The number of hydrogen-bond acceptors (Lipinski definition) is 3. The molecule has 0 aromatic rings. The first-order chi connectivity index (χ1) is 8.83. The Morgan fingerprint density at radius 1 is 1.33 bits per heavy atom. The summed E-state index contributed by atoms with van der Waals surface area (Å²) < 4.78 is 5.68. The highest BCUT2D eigenvalue weighted by Gasteiger charge is 2.29. The summed E-state index contributed by atoms with van der Waals surface area (Å²) in [5, 5.41) is 0. The van der Waals surface area contributed by atoms with Crippen LogP contribution in [0.25, 0.3) is 0 Å². The minimum absolute atomic E-state index is 0.531. The van der Waals surface area contributed by atoms with Gasteiger partial charge in [0.25, 0.3) is 0 Å². The smallest absolute Gasteiger partial charge is 0.0576 e. The zero-order valence-electron chi connectivity index (χ0n) is 11.9. The minimum atomic E-state index is 0.531. The van der Waals surface area contributed by atoms with E-state index in [1.807, 2.05) is 0 Å². The van der Waals surface area contributed by atoms with Crippen molar-refractivity contribution in [2.45, 2.75) is 76.9 Å². The van der Waals surface area contributed by atoms with Crippen molar-refractivity contribution >= 4 is 0 Å². The second-order valence-electron chi connectivity index (χ2n) is 6.19. The third-order valence-corrected chi connectivity index (χ3v) is 5.01. The molecule has 1 saturated carbocycles. The van der Waals surface area contributed by atoms with E-state index in [1.54, 1.807) is 0 Å². The first-order valence-electron chi connectivity index (χ1n) is 7.91. The highest BCUT2D eigenvalue weighted by Crippen LogP contribution is 2.36. The average molecular weight is 254 g/mol.